The van der Waals surface area contributed by atoms with E-state index in [0.717, 1.165) is 23.1 Å². The van der Waals surface area contributed by atoms with Gasteiger partial charge in [-0.1, -0.05) is 185 Å². The molecular formula is C48H52O5Si. The van der Waals surface area contributed by atoms with Gasteiger partial charge < -0.3 is 18.6 Å². The van der Waals surface area contributed by atoms with Crippen LogP contribution in [0.1, 0.15) is 43.9 Å². The Kier molecular flexibility index (Phi) is 12.2. The van der Waals surface area contributed by atoms with Gasteiger partial charge in [-0.15, -0.1) is 0 Å². The van der Waals surface area contributed by atoms with Gasteiger partial charge >= 0.3 is 0 Å². The predicted octanol–water partition coefficient (Wildman–Crippen LogP) is 8.71. The van der Waals surface area contributed by atoms with E-state index in [1.165, 1.54) is 10.4 Å². The third-order valence-corrected chi connectivity index (χ3v) is 16.1. The highest BCUT2D eigenvalue weighted by Gasteiger charge is 2.56. The van der Waals surface area contributed by atoms with Crippen LogP contribution < -0.4 is 10.4 Å². The van der Waals surface area contributed by atoms with E-state index in [9.17, 15) is 0 Å². The Hall–Kier alpha value is -4.43. The second kappa shape index (κ2) is 17.4. The van der Waals surface area contributed by atoms with E-state index in [0.29, 0.717) is 26.4 Å². The lowest BCUT2D eigenvalue weighted by atomic mass is 9.64. The van der Waals surface area contributed by atoms with Gasteiger partial charge in [0.15, 0.2) is 5.78 Å². The van der Waals surface area contributed by atoms with Gasteiger partial charge in [0.05, 0.1) is 25.9 Å². The van der Waals surface area contributed by atoms with Gasteiger partial charge in [-0.05, 0) is 44.4 Å². The van der Waals surface area contributed by atoms with Gasteiger partial charge in [-0.3, -0.25) is 4.79 Å². The lowest BCUT2D eigenvalue weighted by Gasteiger charge is -2.49. The van der Waals surface area contributed by atoms with E-state index in [2.05, 4.69) is 106 Å². The van der Waals surface area contributed by atoms with Crippen LogP contribution in [0.4, 0.5) is 0 Å². The second-order valence-electron chi connectivity index (χ2n) is 15.6. The van der Waals surface area contributed by atoms with Gasteiger partial charge in [-0.25, -0.2) is 0 Å². The Bertz CT molecular complexity index is 1890. The van der Waals surface area contributed by atoms with Crippen LogP contribution >= 0.6 is 0 Å². The average molecular weight is 737 g/mol. The number of hydrogen-bond donors (Lipinski definition) is 0. The standard InChI is InChI=1S/C48H52O5Si/c1-48(2,3)54(40-27-15-7-16-28-40,41-29-17-8-18-30-41)53-35-39-26-19-31-42-43(39)44(49)46(51-33-37-22-11-5-12-23-37)47(52-34-38-24-13-6-14-25-38)45(42)50-32-36-20-9-4-10-21-36/h4-25,27-31,39,42-43,45-47H,26,32-35H2,1-3H3/t39?,42?,43?,45-,46+,47+/m1/s1. The fourth-order valence-electron chi connectivity index (χ4n) is 8.49. The molecule has 1 saturated carbocycles. The number of ketones is 1. The summed E-state index contributed by atoms with van der Waals surface area (Å²) in [7, 11) is -2.85. The molecule has 7 rings (SSSR count). The third kappa shape index (κ3) is 8.29. The van der Waals surface area contributed by atoms with Crippen LogP contribution in [-0.4, -0.2) is 39.0 Å². The van der Waals surface area contributed by atoms with Crippen molar-refractivity contribution in [2.24, 2.45) is 17.8 Å². The van der Waals surface area contributed by atoms with Gasteiger partial charge in [0.2, 0.25) is 0 Å². The molecule has 0 bridgehead atoms. The van der Waals surface area contributed by atoms with Gasteiger partial charge in [0, 0.05) is 18.4 Å². The Labute approximate surface area is 322 Å². The fourth-order valence-corrected chi connectivity index (χ4v) is 13.1. The Morgan fingerprint density at radius 3 is 1.46 bits per heavy atom. The molecule has 0 radical (unpaired) electrons. The first-order valence-electron chi connectivity index (χ1n) is 19.3. The monoisotopic (exact) mass is 736 g/mol. The molecule has 2 aliphatic rings. The molecule has 278 valence electrons. The van der Waals surface area contributed by atoms with Crippen molar-refractivity contribution < 1.29 is 23.4 Å². The van der Waals surface area contributed by atoms with Gasteiger partial charge in [0.1, 0.15) is 12.2 Å². The van der Waals surface area contributed by atoms with Crippen LogP contribution in [0.5, 0.6) is 0 Å². The number of benzene rings is 5. The van der Waals surface area contributed by atoms with E-state index < -0.39 is 26.6 Å². The summed E-state index contributed by atoms with van der Waals surface area (Å²) in [6.45, 7) is 8.37. The molecule has 2 aliphatic carbocycles. The molecule has 0 aromatic heterocycles. The molecule has 6 heteroatoms. The normalized spacial score (nSPS) is 22.8. The molecule has 5 aromatic rings. The minimum atomic E-state index is -2.85. The van der Waals surface area contributed by atoms with Crippen molar-refractivity contribution in [3.8, 4) is 0 Å². The Morgan fingerprint density at radius 1 is 0.574 bits per heavy atom. The van der Waals surface area contributed by atoms with Crippen LogP contribution in [0.25, 0.3) is 0 Å². The topological polar surface area (TPSA) is 54.0 Å². The second-order valence-corrected chi connectivity index (χ2v) is 19.9. The molecule has 0 spiro atoms. The number of hydrogen-bond acceptors (Lipinski definition) is 5. The maximum atomic E-state index is 15.2. The van der Waals surface area contributed by atoms with E-state index in [1.807, 2.05) is 78.9 Å². The number of carbonyl (C=O) groups is 1. The zero-order valence-corrected chi connectivity index (χ0v) is 32.6. The average Bonchev–Trinajstić information content (AvgIpc) is 3.21. The lowest BCUT2D eigenvalue weighted by molar-refractivity contribution is -0.200. The van der Waals surface area contributed by atoms with Crippen LogP contribution in [0.2, 0.25) is 5.04 Å². The highest BCUT2D eigenvalue weighted by Crippen LogP contribution is 2.44. The number of allylic oxidation sites excluding steroid dienone is 1. The first-order valence-corrected chi connectivity index (χ1v) is 21.2. The molecule has 1 fully saturated rings. The van der Waals surface area contributed by atoms with E-state index in [1.54, 1.807) is 0 Å². The molecule has 6 atom stereocenters. The van der Waals surface area contributed by atoms with E-state index in [4.69, 9.17) is 18.6 Å². The van der Waals surface area contributed by atoms with Crippen molar-refractivity contribution in [2.75, 3.05) is 6.61 Å². The Morgan fingerprint density at radius 2 is 1.00 bits per heavy atom. The maximum Gasteiger partial charge on any atom is 0.261 e. The first kappa shape index (κ1) is 37.9. The predicted molar refractivity (Wildman–Crippen MR) is 218 cm³/mol. The zero-order chi connectivity index (χ0) is 37.4. The molecule has 0 heterocycles. The summed E-state index contributed by atoms with van der Waals surface area (Å²) in [6.07, 6.45) is 3.29. The molecule has 54 heavy (non-hydrogen) atoms. The van der Waals surface area contributed by atoms with Gasteiger partial charge in [-0.2, -0.15) is 0 Å². The number of ether oxygens (including phenoxy) is 3. The van der Waals surface area contributed by atoms with E-state index in [-0.39, 0.29) is 28.6 Å². The molecular weight excluding hydrogens is 685 g/mol. The third-order valence-electron chi connectivity index (χ3n) is 11.1. The summed E-state index contributed by atoms with van der Waals surface area (Å²) in [6, 6.07) is 51.8. The minimum absolute atomic E-state index is 0.0638. The largest absolute Gasteiger partial charge is 0.407 e. The quantitative estimate of drug-likeness (QED) is 0.0844. The van der Waals surface area contributed by atoms with Crippen LogP contribution in [0.15, 0.2) is 164 Å². The van der Waals surface area contributed by atoms with Crippen molar-refractivity contribution in [3.63, 3.8) is 0 Å². The molecule has 0 aliphatic heterocycles. The smallest absolute Gasteiger partial charge is 0.261 e. The number of rotatable bonds is 14. The Balaban J connectivity index is 1.25. The SMILES string of the molecule is CC(C)(C)[Si](OCC1CC=CC2C1C(=O)[C@H](OCc1ccccc1)[C@@H](OCc1ccccc1)[C@@H]2OCc1ccccc1)(c1ccccc1)c1ccccc1. The molecule has 0 N–H and O–H groups in total. The molecule has 0 amide bonds. The van der Waals surface area contributed by atoms with Crippen molar-refractivity contribution in [3.05, 3.63) is 181 Å². The maximum absolute atomic E-state index is 15.2. The number of Topliss-reactive ketones (excluding diaryl/α,β-unsaturated/α-hetero) is 1. The molecule has 0 saturated heterocycles. The lowest BCUT2D eigenvalue weighted by Crippen LogP contribution is -2.67. The zero-order valence-electron chi connectivity index (χ0n) is 31.6. The van der Waals surface area contributed by atoms with Crippen molar-refractivity contribution in [1.29, 1.82) is 0 Å². The van der Waals surface area contributed by atoms with Crippen molar-refractivity contribution in [2.45, 2.75) is 70.4 Å². The summed E-state index contributed by atoms with van der Waals surface area (Å²) in [5, 5.41) is 2.27. The van der Waals surface area contributed by atoms with Crippen LogP contribution in [0, 0.1) is 17.8 Å². The molecule has 5 aromatic carbocycles. The molecule has 3 unspecified atom stereocenters. The fraction of sp³-hybridized carbons (Fsp3) is 0.312. The number of fused-ring (bicyclic) bond motifs is 1. The summed E-state index contributed by atoms with van der Waals surface area (Å²) in [5.41, 5.74) is 3.11. The van der Waals surface area contributed by atoms with E-state index >= 15 is 4.79 Å². The van der Waals surface area contributed by atoms with Crippen LogP contribution in [0.3, 0.4) is 0 Å². The summed E-state index contributed by atoms with van der Waals surface area (Å²) in [5.74, 6) is -0.588. The summed E-state index contributed by atoms with van der Waals surface area (Å²) in [4.78, 5) is 15.2. The van der Waals surface area contributed by atoms with Gasteiger partial charge in [0.25, 0.3) is 8.32 Å². The highest BCUT2D eigenvalue weighted by molar-refractivity contribution is 6.99. The highest BCUT2D eigenvalue weighted by atomic mass is 28.4. The first-order chi connectivity index (χ1) is 26.3. The summed E-state index contributed by atoms with van der Waals surface area (Å²) >= 11 is 0. The van der Waals surface area contributed by atoms with Crippen molar-refractivity contribution >= 4 is 24.5 Å². The number of carbonyl (C=O) groups excluding carboxylic acids is 1. The minimum Gasteiger partial charge on any atom is -0.407 e. The molecule has 5 nitrogen and oxygen atoms in total. The van der Waals surface area contributed by atoms with Crippen molar-refractivity contribution in [1.82, 2.24) is 0 Å². The summed E-state index contributed by atoms with van der Waals surface area (Å²) < 4.78 is 27.9. The van der Waals surface area contributed by atoms with Crippen LogP contribution in [-0.2, 0) is 43.3 Å².